The number of nitrogens with one attached hydrogen (secondary N) is 1. The molecule has 0 unspecified atom stereocenters. The number of carbonyl (C=O) groups excluding carboxylic acids is 1. The van der Waals surface area contributed by atoms with Gasteiger partial charge in [-0.2, -0.15) is 0 Å². The first-order chi connectivity index (χ1) is 4.09. The van der Waals surface area contributed by atoms with Crippen LogP contribution >= 0.6 is 0 Å². The van der Waals surface area contributed by atoms with Crippen molar-refractivity contribution < 1.29 is 4.79 Å². The second-order valence-corrected chi connectivity index (χ2v) is 3.78. The molecule has 0 aromatic carbocycles. The Labute approximate surface area is 69.5 Å². The van der Waals surface area contributed by atoms with E-state index in [-0.39, 0.29) is 6.04 Å². The molecule has 0 saturated heterocycles. The van der Waals surface area contributed by atoms with Gasteiger partial charge in [0.25, 0.3) is 0 Å². The summed E-state index contributed by atoms with van der Waals surface area (Å²) in [6, 6.07) is 0.0724. The fourth-order valence-electron chi connectivity index (χ4n) is 0.767. The van der Waals surface area contributed by atoms with Gasteiger partial charge in [-0.05, 0) is 0 Å². The number of carbonyl (C=O) groups is 1. The van der Waals surface area contributed by atoms with E-state index in [0.717, 1.165) is 22.5 Å². The predicted octanol–water partition coefficient (Wildman–Crippen LogP) is -0.0745. The van der Waals surface area contributed by atoms with Crippen LogP contribution in [0, 0.1) is 5.92 Å². The van der Waals surface area contributed by atoms with Crippen LogP contribution in [0.3, 0.4) is 0 Å². The van der Waals surface area contributed by atoms with Gasteiger partial charge in [0.2, 0.25) is 0 Å². The molecular weight excluding hydrogens is 221 g/mol. The van der Waals surface area contributed by atoms with Crippen molar-refractivity contribution >= 4 is 26.3 Å². The van der Waals surface area contributed by atoms with Crippen LogP contribution in [0.25, 0.3) is 0 Å². The van der Waals surface area contributed by atoms with Crippen LogP contribution < -0.4 is 5.32 Å². The van der Waals surface area contributed by atoms with Gasteiger partial charge < -0.3 is 0 Å². The maximum absolute atomic E-state index is 10.8. The molecule has 51 valence electrons. The average molecular weight is 233 g/mol. The van der Waals surface area contributed by atoms with E-state index in [1.807, 2.05) is 20.9 Å². The zero-order chi connectivity index (χ0) is 7.44. The van der Waals surface area contributed by atoms with Gasteiger partial charge in [-0.25, -0.2) is 0 Å². The van der Waals surface area contributed by atoms with Gasteiger partial charge >= 0.3 is 69.3 Å². The van der Waals surface area contributed by atoms with Gasteiger partial charge in [0.15, 0.2) is 0 Å². The molecule has 0 aliphatic heterocycles. The van der Waals surface area contributed by atoms with Gasteiger partial charge in [0.1, 0.15) is 0 Å². The normalized spacial score (nSPS) is 13.9. The van der Waals surface area contributed by atoms with E-state index in [1.54, 1.807) is 0 Å². The SMILES string of the molecule is CN[C@H]([C](=O)[Sn])C(C)C. The van der Waals surface area contributed by atoms with E-state index in [0.29, 0.717) is 9.72 Å². The Morgan fingerprint density at radius 2 is 2.00 bits per heavy atom. The molecule has 0 fully saturated rings. The summed E-state index contributed by atoms with van der Waals surface area (Å²) in [5.41, 5.74) is 0. The van der Waals surface area contributed by atoms with Crippen molar-refractivity contribution in [3.63, 3.8) is 0 Å². The van der Waals surface area contributed by atoms with E-state index in [2.05, 4.69) is 5.32 Å². The average Bonchev–Trinajstić information content (AvgIpc) is 1.64. The Kier molecular flexibility index (Phi) is 4.48. The first-order valence-electron chi connectivity index (χ1n) is 3.02. The van der Waals surface area contributed by atoms with Crippen LogP contribution in [0.1, 0.15) is 13.8 Å². The zero-order valence-corrected chi connectivity index (χ0v) is 8.92. The summed E-state index contributed by atoms with van der Waals surface area (Å²) in [5.74, 6) is 0.418. The van der Waals surface area contributed by atoms with Crippen molar-refractivity contribution in [3.8, 4) is 0 Å². The van der Waals surface area contributed by atoms with E-state index in [9.17, 15) is 4.79 Å². The topological polar surface area (TPSA) is 29.1 Å². The van der Waals surface area contributed by atoms with Gasteiger partial charge in [0, 0.05) is 0 Å². The van der Waals surface area contributed by atoms with E-state index >= 15 is 0 Å². The summed E-state index contributed by atoms with van der Waals surface area (Å²) in [6.45, 7) is 4.09. The van der Waals surface area contributed by atoms with E-state index in [4.69, 9.17) is 0 Å². The van der Waals surface area contributed by atoms with Gasteiger partial charge in [0.05, 0.1) is 0 Å². The van der Waals surface area contributed by atoms with Crippen molar-refractivity contribution in [2.75, 3.05) is 7.05 Å². The van der Waals surface area contributed by atoms with Crippen molar-refractivity contribution in [2.45, 2.75) is 19.9 Å². The Hall–Kier alpha value is 0.429. The summed E-state index contributed by atoms with van der Waals surface area (Å²) in [7, 11) is 1.83. The quantitative estimate of drug-likeness (QED) is 0.691. The summed E-state index contributed by atoms with van der Waals surface area (Å²) in [6.07, 6.45) is 0. The molecular formula is C6H12NOSn. The monoisotopic (exact) mass is 234 g/mol. The summed E-state index contributed by atoms with van der Waals surface area (Å²) < 4.78 is 0.305. The molecule has 0 saturated carbocycles. The zero-order valence-electron chi connectivity index (χ0n) is 6.06. The maximum atomic E-state index is 10.8. The summed E-state index contributed by atoms with van der Waals surface area (Å²) in [5, 5.41) is 2.97. The number of likely N-dealkylation sites (N-methyl/N-ethyl adjacent to an activating group) is 1. The van der Waals surface area contributed by atoms with Gasteiger partial charge in [-0.15, -0.1) is 0 Å². The molecule has 0 aliphatic carbocycles. The Morgan fingerprint density at radius 3 is 2.00 bits per heavy atom. The van der Waals surface area contributed by atoms with Crippen molar-refractivity contribution in [1.82, 2.24) is 5.32 Å². The molecule has 3 radical (unpaired) electrons. The number of hydrogen-bond acceptors (Lipinski definition) is 2. The standard InChI is InChI=1S/C6H12NO.Sn/c1-5(2)6(4-8)7-3;/h5-7H,1-3H3;/t6-;/m1./s1. The van der Waals surface area contributed by atoms with Crippen LogP contribution in [0.5, 0.6) is 0 Å². The molecule has 0 bridgehead atoms. The Morgan fingerprint density at radius 1 is 1.56 bits per heavy atom. The van der Waals surface area contributed by atoms with Crippen LogP contribution in [0.2, 0.25) is 0 Å². The molecule has 0 heterocycles. The third kappa shape index (κ3) is 3.20. The second kappa shape index (κ2) is 4.28. The Bertz CT molecular complexity index is 103. The van der Waals surface area contributed by atoms with Crippen molar-refractivity contribution in [1.29, 1.82) is 0 Å². The molecule has 0 aliphatic rings. The van der Waals surface area contributed by atoms with E-state index in [1.165, 1.54) is 0 Å². The third-order valence-electron chi connectivity index (χ3n) is 1.26. The van der Waals surface area contributed by atoms with Crippen LogP contribution in [-0.2, 0) is 4.79 Å². The van der Waals surface area contributed by atoms with Crippen molar-refractivity contribution in [3.05, 3.63) is 0 Å². The third-order valence-corrected chi connectivity index (χ3v) is 2.15. The molecule has 0 amide bonds. The molecule has 1 atom stereocenters. The second-order valence-electron chi connectivity index (χ2n) is 2.37. The predicted molar refractivity (Wildman–Crippen MR) is 38.4 cm³/mol. The molecule has 3 heteroatoms. The van der Waals surface area contributed by atoms with Crippen molar-refractivity contribution in [2.24, 2.45) is 5.92 Å². The van der Waals surface area contributed by atoms with Crippen LogP contribution in [0.15, 0.2) is 0 Å². The van der Waals surface area contributed by atoms with E-state index < -0.39 is 0 Å². The first kappa shape index (κ1) is 9.43. The molecule has 0 aromatic heterocycles. The summed E-state index contributed by atoms with van der Waals surface area (Å²) >= 11 is 0.994. The number of hydrogen-bond donors (Lipinski definition) is 1. The molecule has 2 nitrogen and oxygen atoms in total. The first-order valence-corrected chi connectivity index (χ1v) is 4.45. The Balaban J connectivity index is 3.83. The molecule has 0 aromatic rings. The molecule has 0 rings (SSSR count). The minimum absolute atomic E-state index is 0.0724. The minimum atomic E-state index is 0.0724. The fourth-order valence-corrected chi connectivity index (χ4v) is 2.13. The van der Waals surface area contributed by atoms with Gasteiger partial charge in [-0.1, -0.05) is 0 Å². The fraction of sp³-hybridized carbons (Fsp3) is 0.833. The molecule has 1 N–H and O–H groups in total. The van der Waals surface area contributed by atoms with Crippen LogP contribution in [0.4, 0.5) is 0 Å². The van der Waals surface area contributed by atoms with Gasteiger partial charge in [-0.3, -0.25) is 0 Å². The molecule has 0 spiro atoms. The molecule has 9 heavy (non-hydrogen) atoms. The van der Waals surface area contributed by atoms with Crippen LogP contribution in [-0.4, -0.2) is 39.4 Å². The summed E-state index contributed by atoms with van der Waals surface area (Å²) in [4.78, 5) is 10.8. The number of rotatable bonds is 3.